The Morgan fingerprint density at radius 3 is 2.62 bits per heavy atom. The summed E-state index contributed by atoms with van der Waals surface area (Å²) >= 11 is 0. The van der Waals surface area contributed by atoms with Crippen LogP contribution >= 0.6 is 0 Å². The predicted octanol–water partition coefficient (Wildman–Crippen LogP) is 4.10. The Kier molecular flexibility index (Phi) is 5.14. The maximum Gasteiger partial charge on any atom is 0.161 e. The zero-order valence-corrected chi connectivity index (χ0v) is 13.2. The highest BCUT2D eigenvalue weighted by atomic mass is 16.5. The van der Waals surface area contributed by atoms with E-state index < -0.39 is 0 Å². The third-order valence-corrected chi connectivity index (χ3v) is 3.10. The summed E-state index contributed by atoms with van der Waals surface area (Å²) in [6, 6.07) is 9.93. The van der Waals surface area contributed by atoms with Crippen LogP contribution in [-0.2, 0) is 0 Å². The first kappa shape index (κ1) is 15.3. The maximum atomic E-state index is 5.55. The molecule has 0 saturated heterocycles. The molecule has 4 heteroatoms. The van der Waals surface area contributed by atoms with Crippen LogP contribution in [-0.4, -0.2) is 23.1 Å². The molecule has 21 heavy (non-hydrogen) atoms. The third kappa shape index (κ3) is 3.94. The zero-order chi connectivity index (χ0) is 15.2. The van der Waals surface area contributed by atoms with Gasteiger partial charge in [-0.05, 0) is 31.9 Å². The van der Waals surface area contributed by atoms with Gasteiger partial charge in [-0.2, -0.15) is 0 Å². The van der Waals surface area contributed by atoms with Crippen LogP contribution in [0.2, 0.25) is 0 Å². The molecule has 0 aliphatic carbocycles. The number of anilines is 1. The van der Waals surface area contributed by atoms with Crippen LogP contribution in [0.4, 0.5) is 5.82 Å². The van der Waals surface area contributed by atoms with E-state index in [2.05, 4.69) is 36.1 Å². The van der Waals surface area contributed by atoms with Crippen LogP contribution < -0.4 is 10.1 Å². The van der Waals surface area contributed by atoms with E-state index in [1.165, 1.54) is 0 Å². The van der Waals surface area contributed by atoms with Gasteiger partial charge in [-0.1, -0.05) is 26.0 Å². The lowest BCUT2D eigenvalue weighted by molar-refractivity contribution is 0.340. The maximum absolute atomic E-state index is 5.55. The van der Waals surface area contributed by atoms with Crippen molar-refractivity contribution in [3.8, 4) is 17.1 Å². The lowest BCUT2D eigenvalue weighted by atomic mass is 10.1. The number of hydrogen-bond acceptors (Lipinski definition) is 4. The fourth-order valence-corrected chi connectivity index (χ4v) is 2.05. The summed E-state index contributed by atoms with van der Waals surface area (Å²) < 4.78 is 5.55. The van der Waals surface area contributed by atoms with E-state index in [0.29, 0.717) is 12.5 Å². The van der Waals surface area contributed by atoms with Crippen molar-refractivity contribution < 1.29 is 4.74 Å². The Hall–Kier alpha value is -2.10. The molecular formula is C17H23N3O. The molecule has 0 unspecified atom stereocenters. The van der Waals surface area contributed by atoms with Crippen LogP contribution in [0, 0.1) is 0 Å². The Morgan fingerprint density at radius 2 is 1.95 bits per heavy atom. The molecule has 0 saturated carbocycles. The smallest absolute Gasteiger partial charge is 0.161 e. The Morgan fingerprint density at radius 1 is 1.14 bits per heavy atom. The monoisotopic (exact) mass is 285 g/mol. The van der Waals surface area contributed by atoms with Crippen LogP contribution in [0.25, 0.3) is 11.4 Å². The van der Waals surface area contributed by atoms with Gasteiger partial charge in [0.25, 0.3) is 0 Å². The van der Waals surface area contributed by atoms with E-state index in [0.717, 1.165) is 35.2 Å². The number of nitrogens with zero attached hydrogens (tertiary/aromatic N) is 2. The summed E-state index contributed by atoms with van der Waals surface area (Å²) in [5.74, 6) is 2.81. The molecule has 0 atom stereocenters. The number of rotatable bonds is 6. The molecule has 1 N–H and O–H groups in total. The van der Waals surface area contributed by atoms with Crippen molar-refractivity contribution in [2.75, 3.05) is 18.5 Å². The number of ether oxygens (including phenoxy) is 1. The first-order valence-electron chi connectivity index (χ1n) is 7.50. The van der Waals surface area contributed by atoms with Crippen molar-refractivity contribution in [2.24, 2.45) is 0 Å². The normalized spacial score (nSPS) is 10.7. The first-order valence-corrected chi connectivity index (χ1v) is 7.50. The minimum Gasteiger partial charge on any atom is -0.494 e. The van der Waals surface area contributed by atoms with Gasteiger partial charge in [0.15, 0.2) is 5.82 Å². The van der Waals surface area contributed by atoms with Crippen LogP contribution in [0.5, 0.6) is 5.75 Å². The van der Waals surface area contributed by atoms with Crippen LogP contribution in [0.3, 0.4) is 0 Å². The SMILES string of the molecule is CCNc1cc(C(C)C)nc(-c2cccc(OCC)c2)n1. The summed E-state index contributed by atoms with van der Waals surface area (Å²) in [6.45, 7) is 9.81. The van der Waals surface area contributed by atoms with Crippen molar-refractivity contribution in [1.82, 2.24) is 9.97 Å². The van der Waals surface area contributed by atoms with E-state index in [4.69, 9.17) is 4.74 Å². The highest BCUT2D eigenvalue weighted by molar-refractivity contribution is 5.60. The van der Waals surface area contributed by atoms with Crippen molar-refractivity contribution in [3.05, 3.63) is 36.0 Å². The lowest BCUT2D eigenvalue weighted by Gasteiger charge is -2.12. The van der Waals surface area contributed by atoms with Gasteiger partial charge in [0.2, 0.25) is 0 Å². The van der Waals surface area contributed by atoms with Gasteiger partial charge in [0.05, 0.1) is 6.61 Å². The molecule has 0 aliphatic rings. The molecule has 0 spiro atoms. The molecule has 0 bridgehead atoms. The fraction of sp³-hybridized carbons (Fsp3) is 0.412. The van der Waals surface area contributed by atoms with E-state index >= 15 is 0 Å². The standard InChI is InChI=1S/C17H23N3O/c1-5-18-16-11-15(12(3)4)19-17(20-16)13-8-7-9-14(10-13)21-6-2/h7-12H,5-6H2,1-4H3,(H,18,19,20). The summed E-state index contributed by atoms with van der Waals surface area (Å²) in [7, 11) is 0. The molecule has 4 nitrogen and oxygen atoms in total. The second kappa shape index (κ2) is 7.07. The molecular weight excluding hydrogens is 262 g/mol. The molecule has 0 radical (unpaired) electrons. The highest BCUT2D eigenvalue weighted by Crippen LogP contribution is 2.24. The van der Waals surface area contributed by atoms with Gasteiger partial charge in [-0.15, -0.1) is 0 Å². The van der Waals surface area contributed by atoms with Crippen molar-refractivity contribution in [2.45, 2.75) is 33.6 Å². The van der Waals surface area contributed by atoms with Gasteiger partial charge in [0, 0.05) is 23.9 Å². The molecule has 2 aromatic rings. The summed E-state index contributed by atoms with van der Waals surface area (Å²) in [5, 5.41) is 3.27. The Labute approximate surface area is 126 Å². The second-order valence-corrected chi connectivity index (χ2v) is 5.15. The van der Waals surface area contributed by atoms with E-state index in [1.54, 1.807) is 0 Å². The van der Waals surface area contributed by atoms with Gasteiger partial charge in [-0.25, -0.2) is 9.97 Å². The van der Waals surface area contributed by atoms with Gasteiger partial charge < -0.3 is 10.1 Å². The Bertz CT molecular complexity index is 596. The lowest BCUT2D eigenvalue weighted by Crippen LogP contribution is -2.05. The number of benzene rings is 1. The fourth-order valence-electron chi connectivity index (χ4n) is 2.05. The largest absolute Gasteiger partial charge is 0.494 e. The van der Waals surface area contributed by atoms with E-state index in [-0.39, 0.29) is 0 Å². The summed E-state index contributed by atoms with van der Waals surface area (Å²) in [6.07, 6.45) is 0. The molecule has 0 fully saturated rings. The van der Waals surface area contributed by atoms with E-state index in [9.17, 15) is 0 Å². The second-order valence-electron chi connectivity index (χ2n) is 5.15. The molecule has 112 valence electrons. The molecule has 1 heterocycles. The van der Waals surface area contributed by atoms with Gasteiger partial charge in [-0.3, -0.25) is 0 Å². The average Bonchev–Trinajstić information content (AvgIpc) is 2.48. The minimum atomic E-state index is 0.360. The Balaban J connectivity index is 2.44. The number of nitrogens with one attached hydrogen (secondary N) is 1. The van der Waals surface area contributed by atoms with Crippen LogP contribution in [0.15, 0.2) is 30.3 Å². The van der Waals surface area contributed by atoms with Crippen LogP contribution in [0.1, 0.15) is 39.3 Å². The first-order chi connectivity index (χ1) is 10.1. The minimum absolute atomic E-state index is 0.360. The predicted molar refractivity (Wildman–Crippen MR) is 86.9 cm³/mol. The van der Waals surface area contributed by atoms with Gasteiger partial charge in [0.1, 0.15) is 11.6 Å². The molecule has 1 aromatic carbocycles. The highest BCUT2D eigenvalue weighted by Gasteiger charge is 2.10. The quantitative estimate of drug-likeness (QED) is 0.868. The number of hydrogen-bond donors (Lipinski definition) is 1. The van der Waals surface area contributed by atoms with Crippen molar-refractivity contribution in [1.29, 1.82) is 0 Å². The molecule has 0 amide bonds. The van der Waals surface area contributed by atoms with E-state index in [1.807, 2.05) is 37.3 Å². The van der Waals surface area contributed by atoms with Crippen molar-refractivity contribution >= 4 is 5.82 Å². The summed E-state index contributed by atoms with van der Waals surface area (Å²) in [4.78, 5) is 9.28. The third-order valence-electron chi connectivity index (χ3n) is 3.10. The molecule has 2 rings (SSSR count). The van der Waals surface area contributed by atoms with Crippen molar-refractivity contribution in [3.63, 3.8) is 0 Å². The molecule has 0 aliphatic heterocycles. The average molecular weight is 285 g/mol. The molecule has 1 aromatic heterocycles. The zero-order valence-electron chi connectivity index (χ0n) is 13.2. The topological polar surface area (TPSA) is 47.0 Å². The number of aromatic nitrogens is 2. The summed E-state index contributed by atoms with van der Waals surface area (Å²) in [5.41, 5.74) is 2.01. The van der Waals surface area contributed by atoms with Gasteiger partial charge >= 0.3 is 0 Å².